The fraction of sp³-hybridized carbons (Fsp3) is 0.700. The van der Waals surface area contributed by atoms with Crippen LogP contribution in [-0.2, 0) is 20.0 Å². The fourth-order valence-corrected chi connectivity index (χ4v) is 1.47. The molecule has 0 aliphatic heterocycles. The Bertz CT molecular complexity index is 295. The molecule has 0 aromatic carbocycles. The van der Waals surface area contributed by atoms with E-state index in [-0.39, 0.29) is 19.3 Å². The van der Waals surface area contributed by atoms with Gasteiger partial charge in [0.2, 0.25) is 0 Å². The van der Waals surface area contributed by atoms with E-state index in [2.05, 4.69) is 17.3 Å². The van der Waals surface area contributed by atoms with Crippen molar-refractivity contribution in [2.75, 3.05) is 13.2 Å². The Morgan fingerprint density at radius 1 is 1.47 bits per heavy atom. The van der Waals surface area contributed by atoms with Gasteiger partial charge in [0.15, 0.2) is 0 Å². The lowest BCUT2D eigenvalue weighted by Crippen LogP contribution is -2.35. The minimum atomic E-state index is -0.255. The third-order valence-electron chi connectivity index (χ3n) is 2.35. The number of aryl methyl sites for hydroxylation is 2. The quantitative estimate of drug-likeness (QED) is 0.591. The smallest absolute Gasteiger partial charge is 0.0666 e. The summed E-state index contributed by atoms with van der Waals surface area (Å²) in [7, 11) is 1.89. The van der Waals surface area contributed by atoms with E-state index in [1.807, 2.05) is 13.2 Å². The van der Waals surface area contributed by atoms with E-state index in [0.717, 1.165) is 17.7 Å². The molecule has 0 spiro atoms. The van der Waals surface area contributed by atoms with Crippen molar-refractivity contribution in [3.63, 3.8) is 0 Å². The Hall–Kier alpha value is -0.910. The van der Waals surface area contributed by atoms with Crippen LogP contribution >= 0.6 is 0 Å². The van der Waals surface area contributed by atoms with Crippen LogP contribution < -0.4 is 5.32 Å². The van der Waals surface area contributed by atoms with E-state index < -0.39 is 0 Å². The molecule has 0 aliphatic carbocycles. The first-order valence-electron chi connectivity index (χ1n) is 5.17. The van der Waals surface area contributed by atoms with Gasteiger partial charge in [-0.3, -0.25) is 4.68 Å². The van der Waals surface area contributed by atoms with Crippen LogP contribution in [0, 0.1) is 0 Å². The largest absolute Gasteiger partial charge is 0.395 e. The molecule has 1 aromatic rings. The first-order chi connectivity index (χ1) is 7.21. The molecule has 0 amide bonds. The van der Waals surface area contributed by atoms with Crippen molar-refractivity contribution in [2.45, 2.75) is 25.9 Å². The molecule has 0 saturated heterocycles. The first-order valence-corrected chi connectivity index (χ1v) is 5.17. The van der Waals surface area contributed by atoms with Crippen LogP contribution in [0.25, 0.3) is 0 Å². The van der Waals surface area contributed by atoms with Gasteiger partial charge in [-0.2, -0.15) is 5.10 Å². The maximum atomic E-state index is 8.89. The number of aromatic nitrogens is 2. The molecular formula is C10H19N3O2. The Morgan fingerprint density at radius 2 is 2.13 bits per heavy atom. The number of aliphatic hydroxyl groups excluding tert-OH is 2. The summed E-state index contributed by atoms with van der Waals surface area (Å²) in [5, 5.41) is 25.2. The van der Waals surface area contributed by atoms with Crippen LogP contribution in [-0.4, -0.2) is 39.2 Å². The van der Waals surface area contributed by atoms with Crippen molar-refractivity contribution in [1.82, 2.24) is 15.1 Å². The molecule has 0 radical (unpaired) electrons. The summed E-state index contributed by atoms with van der Waals surface area (Å²) >= 11 is 0. The Kier molecular flexibility index (Phi) is 4.74. The van der Waals surface area contributed by atoms with Crippen LogP contribution in [0.4, 0.5) is 0 Å². The average Bonchev–Trinajstić information content (AvgIpc) is 2.60. The summed E-state index contributed by atoms with van der Waals surface area (Å²) in [5.41, 5.74) is 2.17. The van der Waals surface area contributed by atoms with Crippen LogP contribution in [0.5, 0.6) is 0 Å². The van der Waals surface area contributed by atoms with E-state index in [0.29, 0.717) is 6.54 Å². The van der Waals surface area contributed by atoms with E-state index in [9.17, 15) is 0 Å². The lowest BCUT2D eigenvalue weighted by molar-refractivity contribution is 0.170. The van der Waals surface area contributed by atoms with Crippen LogP contribution in [0.1, 0.15) is 18.2 Å². The normalized spacial score (nSPS) is 11.3. The van der Waals surface area contributed by atoms with E-state index >= 15 is 0 Å². The van der Waals surface area contributed by atoms with Crippen LogP contribution in [0.15, 0.2) is 6.20 Å². The van der Waals surface area contributed by atoms with Crippen LogP contribution in [0.3, 0.4) is 0 Å². The first kappa shape index (κ1) is 12.2. The molecular weight excluding hydrogens is 194 g/mol. The molecule has 0 unspecified atom stereocenters. The van der Waals surface area contributed by atoms with Gasteiger partial charge in [0.1, 0.15) is 0 Å². The van der Waals surface area contributed by atoms with Gasteiger partial charge in [0, 0.05) is 25.4 Å². The molecule has 1 heterocycles. The van der Waals surface area contributed by atoms with Gasteiger partial charge in [0.05, 0.1) is 24.9 Å². The summed E-state index contributed by atoms with van der Waals surface area (Å²) in [6.45, 7) is 2.57. The number of nitrogens with zero attached hydrogens (tertiary/aromatic N) is 2. The third kappa shape index (κ3) is 3.30. The van der Waals surface area contributed by atoms with Crippen molar-refractivity contribution in [3.05, 3.63) is 17.5 Å². The van der Waals surface area contributed by atoms with Gasteiger partial charge >= 0.3 is 0 Å². The molecule has 3 N–H and O–H groups in total. The highest BCUT2D eigenvalue weighted by Crippen LogP contribution is 2.06. The highest BCUT2D eigenvalue weighted by molar-refractivity contribution is 5.16. The predicted molar refractivity (Wildman–Crippen MR) is 57.4 cm³/mol. The standard InChI is InChI=1S/C10H19N3O2/c1-3-10-8(5-13(2)12-10)4-11-9(6-14)7-15/h5,9,11,14-15H,3-4,6-7H2,1-2H3. The van der Waals surface area contributed by atoms with Crippen molar-refractivity contribution in [3.8, 4) is 0 Å². The average molecular weight is 213 g/mol. The van der Waals surface area contributed by atoms with E-state index in [1.165, 1.54) is 0 Å². The second kappa shape index (κ2) is 5.85. The summed E-state index contributed by atoms with van der Waals surface area (Å²) in [6.07, 6.45) is 2.85. The maximum absolute atomic E-state index is 8.89. The van der Waals surface area contributed by atoms with E-state index in [4.69, 9.17) is 10.2 Å². The van der Waals surface area contributed by atoms with Gasteiger partial charge in [-0.05, 0) is 6.42 Å². The van der Waals surface area contributed by atoms with Gasteiger partial charge in [0.25, 0.3) is 0 Å². The van der Waals surface area contributed by atoms with Gasteiger partial charge < -0.3 is 15.5 Å². The monoisotopic (exact) mass is 213 g/mol. The minimum Gasteiger partial charge on any atom is -0.395 e. The number of hydrogen-bond acceptors (Lipinski definition) is 4. The summed E-state index contributed by atoms with van der Waals surface area (Å²) in [5.74, 6) is 0. The van der Waals surface area contributed by atoms with Crippen molar-refractivity contribution in [1.29, 1.82) is 0 Å². The summed E-state index contributed by atoms with van der Waals surface area (Å²) in [4.78, 5) is 0. The summed E-state index contributed by atoms with van der Waals surface area (Å²) in [6, 6.07) is -0.255. The fourth-order valence-electron chi connectivity index (χ4n) is 1.47. The Balaban J connectivity index is 2.55. The lowest BCUT2D eigenvalue weighted by atomic mass is 10.2. The summed E-state index contributed by atoms with van der Waals surface area (Å²) < 4.78 is 1.78. The Labute approximate surface area is 89.7 Å². The van der Waals surface area contributed by atoms with Gasteiger partial charge in [-0.25, -0.2) is 0 Å². The maximum Gasteiger partial charge on any atom is 0.0666 e. The zero-order chi connectivity index (χ0) is 11.3. The second-order valence-electron chi connectivity index (χ2n) is 3.57. The molecule has 86 valence electrons. The zero-order valence-corrected chi connectivity index (χ0v) is 9.27. The highest BCUT2D eigenvalue weighted by Gasteiger charge is 2.08. The third-order valence-corrected chi connectivity index (χ3v) is 2.35. The topological polar surface area (TPSA) is 70.3 Å². The van der Waals surface area contributed by atoms with Crippen molar-refractivity contribution < 1.29 is 10.2 Å². The predicted octanol–water partition coefficient (Wildman–Crippen LogP) is -0.575. The number of rotatable bonds is 6. The molecule has 0 aliphatic rings. The molecule has 1 aromatic heterocycles. The molecule has 15 heavy (non-hydrogen) atoms. The number of nitrogens with one attached hydrogen (secondary N) is 1. The molecule has 5 nitrogen and oxygen atoms in total. The SMILES string of the molecule is CCc1nn(C)cc1CNC(CO)CO. The molecule has 1 rings (SSSR count). The van der Waals surface area contributed by atoms with Gasteiger partial charge in [-0.1, -0.05) is 6.92 Å². The number of hydrogen-bond donors (Lipinski definition) is 3. The van der Waals surface area contributed by atoms with Crippen molar-refractivity contribution >= 4 is 0 Å². The molecule has 0 fully saturated rings. The van der Waals surface area contributed by atoms with Crippen LogP contribution in [0.2, 0.25) is 0 Å². The number of aliphatic hydroxyl groups is 2. The molecule has 0 saturated carbocycles. The van der Waals surface area contributed by atoms with E-state index in [1.54, 1.807) is 4.68 Å². The molecule has 0 bridgehead atoms. The second-order valence-corrected chi connectivity index (χ2v) is 3.57. The highest BCUT2D eigenvalue weighted by atomic mass is 16.3. The zero-order valence-electron chi connectivity index (χ0n) is 9.27. The minimum absolute atomic E-state index is 0.0573. The van der Waals surface area contributed by atoms with Crippen molar-refractivity contribution in [2.24, 2.45) is 7.05 Å². The lowest BCUT2D eigenvalue weighted by Gasteiger charge is -2.12. The van der Waals surface area contributed by atoms with Gasteiger partial charge in [-0.15, -0.1) is 0 Å². The molecule has 5 heteroatoms. The molecule has 0 atom stereocenters. The Morgan fingerprint density at radius 3 is 2.67 bits per heavy atom.